The summed E-state index contributed by atoms with van der Waals surface area (Å²) >= 11 is 0. The van der Waals surface area contributed by atoms with Crippen molar-refractivity contribution in [1.29, 1.82) is 0 Å². The second-order valence-corrected chi connectivity index (χ2v) is 7.60. The number of allylic oxidation sites excluding steroid dienone is 1. The molecule has 0 atom stereocenters. The predicted molar refractivity (Wildman–Crippen MR) is 118 cm³/mol. The van der Waals surface area contributed by atoms with Crippen LogP contribution in [0.5, 0.6) is 5.75 Å². The zero-order valence-electron chi connectivity index (χ0n) is 17.7. The molecule has 170 valence electrons. The summed E-state index contributed by atoms with van der Waals surface area (Å²) in [7, 11) is 0. The molecule has 2 bridgehead atoms. The number of halogens is 2. The van der Waals surface area contributed by atoms with Crippen LogP contribution in [0.1, 0.15) is 28.0 Å². The Bertz CT molecular complexity index is 1240. The molecule has 0 aliphatic carbocycles. The molecule has 4 heterocycles. The number of fused-ring (bicyclic) bond motifs is 5. The summed E-state index contributed by atoms with van der Waals surface area (Å²) in [5.74, 6) is -1.64. The summed E-state index contributed by atoms with van der Waals surface area (Å²) < 4.78 is 27.6. The van der Waals surface area contributed by atoms with E-state index in [9.17, 15) is 23.5 Å². The molecule has 0 radical (unpaired) electrons. The average molecular weight is 452 g/mol. The van der Waals surface area contributed by atoms with Gasteiger partial charge in [0.2, 0.25) is 11.4 Å². The minimum Gasteiger partial charge on any atom is -0.502 e. The van der Waals surface area contributed by atoms with Crippen LogP contribution in [-0.4, -0.2) is 38.8 Å². The van der Waals surface area contributed by atoms with E-state index in [-0.39, 0.29) is 18.2 Å². The van der Waals surface area contributed by atoms with E-state index < -0.39 is 23.0 Å². The fourth-order valence-electron chi connectivity index (χ4n) is 3.82. The molecule has 1 N–H and O–H groups in total. The summed E-state index contributed by atoms with van der Waals surface area (Å²) in [4.78, 5) is 29.4. The van der Waals surface area contributed by atoms with E-state index in [0.717, 1.165) is 5.56 Å². The molecule has 0 unspecified atom stereocenters. The highest BCUT2D eigenvalue weighted by Crippen LogP contribution is 2.24. The Morgan fingerprint density at radius 1 is 1.00 bits per heavy atom. The van der Waals surface area contributed by atoms with Gasteiger partial charge in [0.05, 0.1) is 6.54 Å². The molecular formula is C24H22F2N4O3. The van der Waals surface area contributed by atoms with Gasteiger partial charge in [-0.1, -0.05) is 30.4 Å². The standard InChI is InChI=1S/C19H18FN3O3.C5H4FN/c20-15-7-4-5-13-11-22-12-21(9-3-1-2-6-14(13)15)19(26)17-18(25)16(24)8-10-23(17)22;6-5-3-1-2-4-7-5/h1,3-5,7-8,10,25H,2,6,9,11-12H2;1-4H/b3-1+;. The summed E-state index contributed by atoms with van der Waals surface area (Å²) in [5.41, 5.74) is 0.806. The number of carbonyl (C=O) groups is 1. The van der Waals surface area contributed by atoms with Crippen molar-refractivity contribution in [2.24, 2.45) is 0 Å². The third-order valence-corrected chi connectivity index (χ3v) is 5.43. The smallest absolute Gasteiger partial charge is 0.278 e. The molecule has 0 spiro atoms. The maximum atomic E-state index is 14.3. The summed E-state index contributed by atoms with van der Waals surface area (Å²) in [5, 5.41) is 12.0. The van der Waals surface area contributed by atoms with Gasteiger partial charge in [0.1, 0.15) is 12.5 Å². The van der Waals surface area contributed by atoms with Crippen LogP contribution in [-0.2, 0) is 13.0 Å². The van der Waals surface area contributed by atoms with Gasteiger partial charge in [-0.25, -0.2) is 9.37 Å². The number of hydrogen-bond acceptors (Lipinski definition) is 5. The van der Waals surface area contributed by atoms with E-state index in [1.165, 1.54) is 35.3 Å². The van der Waals surface area contributed by atoms with Gasteiger partial charge in [-0.05, 0) is 42.2 Å². The molecule has 1 aromatic carbocycles. The van der Waals surface area contributed by atoms with E-state index in [1.807, 2.05) is 23.2 Å². The van der Waals surface area contributed by atoms with Crippen molar-refractivity contribution in [2.45, 2.75) is 19.4 Å². The van der Waals surface area contributed by atoms with Crippen molar-refractivity contribution in [1.82, 2.24) is 14.6 Å². The van der Waals surface area contributed by atoms with Crippen LogP contribution in [0.3, 0.4) is 0 Å². The topological polar surface area (TPSA) is 78.7 Å². The minimum absolute atomic E-state index is 0.0608. The molecule has 2 aliphatic heterocycles. The number of carbonyl (C=O) groups excluding carboxylic acids is 1. The van der Waals surface area contributed by atoms with Gasteiger partial charge < -0.3 is 10.0 Å². The highest BCUT2D eigenvalue weighted by molar-refractivity contribution is 5.96. The van der Waals surface area contributed by atoms with Crippen molar-refractivity contribution in [3.8, 4) is 5.75 Å². The number of rotatable bonds is 0. The van der Waals surface area contributed by atoms with Crippen LogP contribution in [0, 0.1) is 11.8 Å². The van der Waals surface area contributed by atoms with Crippen molar-refractivity contribution in [3.05, 3.63) is 106 Å². The first kappa shape index (κ1) is 22.2. The van der Waals surface area contributed by atoms with Gasteiger partial charge in [-0.3, -0.25) is 19.3 Å². The van der Waals surface area contributed by atoms with E-state index in [0.29, 0.717) is 31.5 Å². The first-order valence-electron chi connectivity index (χ1n) is 10.4. The first-order chi connectivity index (χ1) is 16.0. The number of aromatic hydroxyl groups is 1. The lowest BCUT2D eigenvalue weighted by atomic mass is 10.0. The fraction of sp³-hybridized carbons (Fsp3) is 0.208. The maximum absolute atomic E-state index is 14.3. The Kier molecular flexibility index (Phi) is 6.48. The van der Waals surface area contributed by atoms with Gasteiger partial charge in [-0.2, -0.15) is 4.39 Å². The monoisotopic (exact) mass is 452 g/mol. The molecule has 2 aliphatic rings. The van der Waals surface area contributed by atoms with E-state index in [1.54, 1.807) is 23.1 Å². The normalized spacial score (nSPS) is 16.0. The van der Waals surface area contributed by atoms with Crippen molar-refractivity contribution in [2.75, 3.05) is 18.2 Å². The minimum atomic E-state index is -0.599. The van der Waals surface area contributed by atoms with Gasteiger partial charge in [0, 0.05) is 25.0 Å². The Hall–Kier alpha value is -4.01. The summed E-state index contributed by atoms with van der Waals surface area (Å²) in [6.45, 7) is 0.983. The molecule has 0 saturated carbocycles. The lowest BCUT2D eigenvalue weighted by Crippen LogP contribution is -2.53. The molecule has 3 aromatic rings. The quantitative estimate of drug-likeness (QED) is 0.419. The Morgan fingerprint density at radius 3 is 2.58 bits per heavy atom. The highest BCUT2D eigenvalue weighted by Gasteiger charge is 2.32. The average Bonchev–Trinajstić information content (AvgIpc) is 2.84. The van der Waals surface area contributed by atoms with E-state index in [4.69, 9.17) is 0 Å². The van der Waals surface area contributed by atoms with Crippen LogP contribution in [0.25, 0.3) is 0 Å². The fourth-order valence-corrected chi connectivity index (χ4v) is 3.82. The molecule has 9 heteroatoms. The van der Waals surface area contributed by atoms with E-state index in [2.05, 4.69) is 4.98 Å². The lowest BCUT2D eigenvalue weighted by molar-refractivity contribution is 0.0706. The second-order valence-electron chi connectivity index (χ2n) is 7.60. The van der Waals surface area contributed by atoms with Gasteiger partial charge >= 0.3 is 0 Å². The molecule has 7 nitrogen and oxygen atoms in total. The largest absolute Gasteiger partial charge is 0.502 e. The number of hydrogen-bond donors (Lipinski definition) is 1. The Morgan fingerprint density at radius 2 is 1.85 bits per heavy atom. The number of amides is 1. The van der Waals surface area contributed by atoms with Crippen LogP contribution in [0.15, 0.2) is 71.8 Å². The number of aromatic nitrogens is 2. The highest BCUT2D eigenvalue weighted by atomic mass is 19.1. The predicted octanol–water partition coefficient (Wildman–Crippen LogP) is 2.97. The number of nitrogens with zero attached hydrogens (tertiary/aromatic N) is 4. The molecule has 5 rings (SSSR count). The zero-order valence-corrected chi connectivity index (χ0v) is 17.7. The third kappa shape index (κ3) is 4.77. The molecule has 0 saturated heterocycles. The molecule has 1 amide bonds. The number of pyridine rings is 2. The van der Waals surface area contributed by atoms with E-state index >= 15 is 0 Å². The van der Waals surface area contributed by atoms with Crippen LogP contribution in [0.4, 0.5) is 8.78 Å². The molecule has 33 heavy (non-hydrogen) atoms. The first-order valence-corrected chi connectivity index (χ1v) is 10.4. The lowest BCUT2D eigenvalue weighted by Gasteiger charge is -2.39. The van der Waals surface area contributed by atoms with Crippen molar-refractivity contribution >= 4 is 5.91 Å². The number of benzene rings is 1. The van der Waals surface area contributed by atoms with Gasteiger partial charge in [-0.15, -0.1) is 0 Å². The van der Waals surface area contributed by atoms with Crippen molar-refractivity contribution < 1.29 is 18.7 Å². The molecule has 2 aromatic heterocycles. The van der Waals surface area contributed by atoms with Gasteiger partial charge in [0.15, 0.2) is 11.4 Å². The van der Waals surface area contributed by atoms with Gasteiger partial charge in [0.25, 0.3) is 5.91 Å². The van der Waals surface area contributed by atoms with Crippen LogP contribution < -0.4 is 10.4 Å². The van der Waals surface area contributed by atoms with Crippen LogP contribution in [0.2, 0.25) is 0 Å². The van der Waals surface area contributed by atoms with Crippen LogP contribution >= 0.6 is 0 Å². The summed E-state index contributed by atoms with van der Waals surface area (Å²) in [6, 6.07) is 10.8. The van der Waals surface area contributed by atoms with Crippen molar-refractivity contribution in [3.63, 3.8) is 0 Å². The third-order valence-electron chi connectivity index (χ3n) is 5.43. The Balaban J connectivity index is 0.000000318. The molecule has 0 fully saturated rings. The Labute approximate surface area is 188 Å². The maximum Gasteiger partial charge on any atom is 0.278 e. The zero-order chi connectivity index (χ0) is 23.4. The molecular weight excluding hydrogens is 430 g/mol. The summed E-state index contributed by atoms with van der Waals surface area (Å²) in [6.07, 6.45) is 7.91. The second kappa shape index (κ2) is 9.64. The SMILES string of the molecule is Fc1ccccn1.O=C1c2c(O)c(=O)ccn2N2Cc3cccc(F)c3CC/C=C/CN1C2.